The van der Waals surface area contributed by atoms with E-state index < -0.39 is 5.97 Å². The van der Waals surface area contributed by atoms with Gasteiger partial charge in [-0.3, -0.25) is 5.73 Å². The van der Waals surface area contributed by atoms with Gasteiger partial charge in [-0.1, -0.05) is 18.2 Å². The van der Waals surface area contributed by atoms with Crippen molar-refractivity contribution in [2.45, 2.75) is 6.54 Å². The Morgan fingerprint density at radius 1 is 1.45 bits per heavy atom. The van der Waals surface area contributed by atoms with Crippen LogP contribution in [0, 0.1) is 0 Å². The van der Waals surface area contributed by atoms with Crippen LogP contribution in [0.1, 0.15) is 15.9 Å². The zero-order valence-electron chi connectivity index (χ0n) is 5.87. The van der Waals surface area contributed by atoms with Crippen molar-refractivity contribution in [1.29, 1.82) is 0 Å². The summed E-state index contributed by atoms with van der Waals surface area (Å²) in [5.74, 6) is -0.965. The first-order valence-electron chi connectivity index (χ1n) is 3.21. The lowest BCUT2D eigenvalue weighted by Crippen LogP contribution is -2.01. The molecule has 1 radical (unpaired) electrons. The van der Waals surface area contributed by atoms with E-state index in [1.165, 1.54) is 6.07 Å². The Morgan fingerprint density at radius 3 is 2.55 bits per heavy atom. The van der Waals surface area contributed by atoms with Gasteiger partial charge in [-0.15, -0.1) is 0 Å². The number of carboxylic acid groups (broad SMARTS) is 1. The van der Waals surface area contributed by atoms with Crippen LogP contribution >= 0.6 is 0 Å². The average Bonchev–Trinajstić information content (AvgIpc) is 2.04. The largest absolute Gasteiger partial charge is 0.478 e. The van der Waals surface area contributed by atoms with Crippen LogP contribution in [0.15, 0.2) is 24.3 Å². The summed E-state index contributed by atoms with van der Waals surface area (Å²) in [5.41, 5.74) is 7.79. The van der Waals surface area contributed by atoms with Gasteiger partial charge >= 0.3 is 5.97 Å². The zero-order valence-corrected chi connectivity index (χ0v) is 5.87. The van der Waals surface area contributed by atoms with Gasteiger partial charge in [0.15, 0.2) is 0 Å². The molecule has 0 aliphatic carbocycles. The predicted octanol–water partition coefficient (Wildman–Crippen LogP) is 1.17. The van der Waals surface area contributed by atoms with Crippen molar-refractivity contribution in [3.63, 3.8) is 0 Å². The number of nitrogens with one attached hydrogen (secondary N) is 1. The molecule has 2 N–H and O–H groups in total. The van der Waals surface area contributed by atoms with E-state index in [0.717, 1.165) is 0 Å². The summed E-state index contributed by atoms with van der Waals surface area (Å²) in [7, 11) is 0. The summed E-state index contributed by atoms with van der Waals surface area (Å²) in [4.78, 5) is 10.5. The van der Waals surface area contributed by atoms with Crippen LogP contribution in [0.3, 0.4) is 0 Å². The van der Waals surface area contributed by atoms with Crippen molar-refractivity contribution >= 4 is 5.97 Å². The monoisotopic (exact) mass is 150 g/mol. The first-order valence-corrected chi connectivity index (χ1v) is 3.21. The number of carboxylic acids is 1. The summed E-state index contributed by atoms with van der Waals surface area (Å²) in [6.45, 7) is 0.0163. The Labute approximate surface area is 64.5 Å². The minimum atomic E-state index is -0.965. The van der Waals surface area contributed by atoms with Gasteiger partial charge in [-0.05, 0) is 11.6 Å². The van der Waals surface area contributed by atoms with E-state index in [4.69, 9.17) is 10.8 Å². The maximum absolute atomic E-state index is 10.5. The van der Waals surface area contributed by atoms with Crippen molar-refractivity contribution in [3.8, 4) is 0 Å². The molecule has 0 spiro atoms. The van der Waals surface area contributed by atoms with Crippen LogP contribution < -0.4 is 5.73 Å². The van der Waals surface area contributed by atoms with E-state index in [9.17, 15) is 4.79 Å². The molecule has 1 rings (SSSR count). The lowest BCUT2D eigenvalue weighted by Gasteiger charge is -1.99. The molecule has 0 saturated carbocycles. The molecular formula is C8H8NO2. The SMILES string of the molecule is [NH]Cc1ccccc1C(=O)O. The molecule has 0 aliphatic rings. The molecule has 0 unspecified atom stereocenters. The molecule has 0 atom stereocenters. The minimum absolute atomic E-state index is 0.0163. The summed E-state index contributed by atoms with van der Waals surface area (Å²) >= 11 is 0. The highest BCUT2D eigenvalue weighted by atomic mass is 16.4. The molecule has 3 nitrogen and oxygen atoms in total. The third-order valence-corrected chi connectivity index (χ3v) is 1.44. The maximum atomic E-state index is 10.5. The average molecular weight is 150 g/mol. The quantitative estimate of drug-likeness (QED) is 0.687. The second-order valence-electron chi connectivity index (χ2n) is 2.14. The van der Waals surface area contributed by atoms with E-state index in [1.54, 1.807) is 18.2 Å². The molecule has 1 aromatic carbocycles. The highest BCUT2D eigenvalue weighted by molar-refractivity contribution is 5.89. The van der Waals surface area contributed by atoms with Crippen molar-refractivity contribution < 1.29 is 9.90 Å². The standard InChI is InChI=1S/C8H8NO2/c9-5-6-3-1-2-4-7(6)8(10)11/h1-4,9H,5H2,(H,10,11). The van der Waals surface area contributed by atoms with Crippen LogP contribution in [0.2, 0.25) is 0 Å². The third kappa shape index (κ3) is 1.56. The van der Waals surface area contributed by atoms with Crippen LogP contribution in [0.5, 0.6) is 0 Å². The van der Waals surface area contributed by atoms with E-state index in [0.29, 0.717) is 5.56 Å². The third-order valence-electron chi connectivity index (χ3n) is 1.44. The van der Waals surface area contributed by atoms with Gasteiger partial charge in [-0.2, -0.15) is 0 Å². The van der Waals surface area contributed by atoms with Gasteiger partial charge in [0.25, 0.3) is 0 Å². The molecule has 3 heteroatoms. The Bertz CT molecular complexity index is 271. The molecule has 1 aromatic rings. The van der Waals surface area contributed by atoms with Crippen molar-refractivity contribution in [2.75, 3.05) is 0 Å². The Kier molecular flexibility index (Phi) is 2.23. The number of hydrogen-bond acceptors (Lipinski definition) is 1. The van der Waals surface area contributed by atoms with E-state index >= 15 is 0 Å². The van der Waals surface area contributed by atoms with Crippen LogP contribution in [0.25, 0.3) is 0 Å². The zero-order chi connectivity index (χ0) is 8.27. The predicted molar refractivity (Wildman–Crippen MR) is 40.2 cm³/mol. The molecule has 0 aromatic heterocycles. The van der Waals surface area contributed by atoms with Crippen molar-refractivity contribution in [3.05, 3.63) is 35.4 Å². The number of carbonyl (C=O) groups is 1. The summed E-state index contributed by atoms with van der Waals surface area (Å²) in [6, 6.07) is 6.54. The molecule has 0 aliphatic heterocycles. The number of benzene rings is 1. The second kappa shape index (κ2) is 3.16. The first kappa shape index (κ1) is 7.75. The van der Waals surface area contributed by atoms with Gasteiger partial charge in [0.1, 0.15) is 0 Å². The Morgan fingerprint density at radius 2 is 2.09 bits per heavy atom. The van der Waals surface area contributed by atoms with E-state index in [-0.39, 0.29) is 12.1 Å². The molecule has 0 fully saturated rings. The summed E-state index contributed by atoms with van der Waals surface area (Å²) in [6.07, 6.45) is 0. The second-order valence-corrected chi connectivity index (χ2v) is 2.14. The molecule has 0 bridgehead atoms. The highest BCUT2D eigenvalue weighted by Crippen LogP contribution is 2.07. The smallest absolute Gasteiger partial charge is 0.336 e. The molecule has 0 heterocycles. The Hall–Kier alpha value is -1.35. The molecular weight excluding hydrogens is 142 g/mol. The Balaban J connectivity index is 3.12. The van der Waals surface area contributed by atoms with Crippen LogP contribution in [0.4, 0.5) is 0 Å². The van der Waals surface area contributed by atoms with E-state index in [2.05, 4.69) is 0 Å². The molecule has 57 valence electrons. The van der Waals surface area contributed by atoms with Gasteiger partial charge in [-0.25, -0.2) is 4.79 Å². The highest BCUT2D eigenvalue weighted by Gasteiger charge is 2.05. The van der Waals surface area contributed by atoms with E-state index in [1.807, 2.05) is 0 Å². The van der Waals surface area contributed by atoms with Gasteiger partial charge < -0.3 is 5.11 Å². The lowest BCUT2D eigenvalue weighted by molar-refractivity contribution is 0.0695. The summed E-state index contributed by atoms with van der Waals surface area (Å²) < 4.78 is 0. The lowest BCUT2D eigenvalue weighted by atomic mass is 10.1. The fourth-order valence-corrected chi connectivity index (χ4v) is 0.883. The number of hydrogen-bond donors (Lipinski definition) is 1. The number of rotatable bonds is 2. The van der Waals surface area contributed by atoms with Crippen LogP contribution in [-0.4, -0.2) is 11.1 Å². The summed E-state index contributed by atoms with van der Waals surface area (Å²) in [5, 5.41) is 8.61. The molecule has 0 saturated heterocycles. The van der Waals surface area contributed by atoms with Crippen molar-refractivity contribution in [2.24, 2.45) is 0 Å². The maximum Gasteiger partial charge on any atom is 0.336 e. The fourth-order valence-electron chi connectivity index (χ4n) is 0.883. The fraction of sp³-hybridized carbons (Fsp3) is 0.125. The van der Waals surface area contributed by atoms with Gasteiger partial charge in [0.05, 0.1) is 5.56 Å². The number of aromatic carboxylic acids is 1. The normalized spacial score (nSPS) is 9.55. The van der Waals surface area contributed by atoms with Gasteiger partial charge in [0.2, 0.25) is 0 Å². The molecule has 11 heavy (non-hydrogen) atoms. The molecule has 0 amide bonds. The topological polar surface area (TPSA) is 61.1 Å². The van der Waals surface area contributed by atoms with Gasteiger partial charge in [0, 0.05) is 6.54 Å². The minimum Gasteiger partial charge on any atom is -0.478 e. The van der Waals surface area contributed by atoms with Crippen molar-refractivity contribution in [1.82, 2.24) is 5.73 Å². The van der Waals surface area contributed by atoms with Crippen LogP contribution in [-0.2, 0) is 6.54 Å². The first-order chi connectivity index (χ1) is 5.25.